The van der Waals surface area contributed by atoms with E-state index in [0.717, 1.165) is 6.26 Å². The van der Waals surface area contributed by atoms with Crippen LogP contribution in [0.25, 0.3) is 0 Å². The van der Waals surface area contributed by atoms with Crippen LogP contribution in [0.15, 0.2) is 42.7 Å². The van der Waals surface area contributed by atoms with Crippen molar-refractivity contribution in [3.05, 3.63) is 54.1 Å². The molecule has 2 rings (SSSR count). The Morgan fingerprint density at radius 2 is 1.77 bits per heavy atom. The van der Waals surface area contributed by atoms with Crippen molar-refractivity contribution in [1.29, 1.82) is 0 Å². The van der Waals surface area contributed by atoms with Gasteiger partial charge in [0.25, 0.3) is 0 Å². The first-order chi connectivity index (χ1) is 10.4. The normalized spacial score (nSPS) is 11.2. The molecular formula is C14H16N4O3S. The number of hydrogen-bond acceptors (Lipinski definition) is 6. The van der Waals surface area contributed by atoms with Gasteiger partial charge in [-0.1, -0.05) is 18.2 Å². The highest BCUT2D eigenvalue weighted by atomic mass is 32.2. The summed E-state index contributed by atoms with van der Waals surface area (Å²) in [5.41, 5.74) is 6.36. The van der Waals surface area contributed by atoms with Crippen molar-refractivity contribution in [3.63, 3.8) is 0 Å². The van der Waals surface area contributed by atoms with Crippen LogP contribution in [0.4, 0.5) is 5.69 Å². The van der Waals surface area contributed by atoms with Gasteiger partial charge in [-0.3, -0.25) is 9.10 Å². The lowest BCUT2D eigenvalue weighted by molar-refractivity contribution is 0.0991. The van der Waals surface area contributed by atoms with Crippen LogP contribution in [0.3, 0.4) is 0 Å². The number of ketones is 1. The van der Waals surface area contributed by atoms with E-state index in [0.29, 0.717) is 11.3 Å². The fourth-order valence-electron chi connectivity index (χ4n) is 1.83. The average Bonchev–Trinajstić information content (AvgIpc) is 2.52. The fraction of sp³-hybridized carbons (Fsp3) is 0.214. The zero-order valence-corrected chi connectivity index (χ0v) is 12.8. The maximum Gasteiger partial charge on any atom is 0.232 e. The van der Waals surface area contributed by atoms with Crippen molar-refractivity contribution in [2.75, 3.05) is 17.1 Å². The molecule has 1 heterocycles. The molecule has 0 saturated carbocycles. The summed E-state index contributed by atoms with van der Waals surface area (Å²) in [5.74, 6) is -0.341. The van der Waals surface area contributed by atoms with Crippen molar-refractivity contribution in [1.82, 2.24) is 9.97 Å². The second-order valence-corrected chi connectivity index (χ2v) is 6.55. The number of benzene rings is 1. The lowest BCUT2D eigenvalue weighted by Gasteiger charge is -2.22. The molecule has 0 saturated heterocycles. The van der Waals surface area contributed by atoms with E-state index in [1.807, 2.05) is 0 Å². The summed E-state index contributed by atoms with van der Waals surface area (Å²) in [4.78, 5) is 19.2. The van der Waals surface area contributed by atoms with E-state index < -0.39 is 10.0 Å². The maximum atomic E-state index is 12.0. The molecule has 7 nitrogen and oxygen atoms in total. The van der Waals surface area contributed by atoms with Gasteiger partial charge in [-0.25, -0.2) is 18.4 Å². The minimum atomic E-state index is -3.46. The Labute approximate surface area is 128 Å². The number of aromatic nitrogens is 2. The van der Waals surface area contributed by atoms with Gasteiger partial charge in [-0.15, -0.1) is 0 Å². The summed E-state index contributed by atoms with van der Waals surface area (Å²) in [6, 6.07) is 8.72. The summed E-state index contributed by atoms with van der Waals surface area (Å²) in [5, 5.41) is 0. The summed E-state index contributed by atoms with van der Waals surface area (Å²) in [6.45, 7) is -0.0846. The number of Topliss-reactive ketones (excluding diaryl/α,β-unsaturated/α-hetero) is 1. The monoisotopic (exact) mass is 320 g/mol. The SMILES string of the molecule is CS(=O)(=O)N(Cc1cnc(C(=O)CN)nc1)c1ccccc1. The van der Waals surface area contributed by atoms with Gasteiger partial charge in [-0.2, -0.15) is 0 Å². The van der Waals surface area contributed by atoms with Crippen LogP contribution < -0.4 is 10.0 Å². The number of anilines is 1. The van der Waals surface area contributed by atoms with Crippen molar-refractivity contribution in [3.8, 4) is 0 Å². The van der Waals surface area contributed by atoms with Crippen LogP contribution in [0.1, 0.15) is 16.2 Å². The highest BCUT2D eigenvalue weighted by Gasteiger charge is 2.18. The van der Waals surface area contributed by atoms with Crippen LogP contribution >= 0.6 is 0 Å². The predicted molar refractivity (Wildman–Crippen MR) is 82.9 cm³/mol. The molecule has 1 aromatic heterocycles. The number of para-hydroxylation sites is 1. The Hall–Kier alpha value is -2.32. The molecule has 2 N–H and O–H groups in total. The Kier molecular flexibility index (Phi) is 4.84. The van der Waals surface area contributed by atoms with Crippen molar-refractivity contribution in [2.45, 2.75) is 6.54 Å². The van der Waals surface area contributed by atoms with E-state index >= 15 is 0 Å². The molecule has 0 fully saturated rings. The third-order valence-electron chi connectivity index (χ3n) is 2.91. The first kappa shape index (κ1) is 16.1. The molecule has 0 amide bonds. The number of rotatable bonds is 6. The van der Waals surface area contributed by atoms with Gasteiger partial charge < -0.3 is 5.73 Å². The fourth-order valence-corrected chi connectivity index (χ4v) is 2.72. The van der Waals surface area contributed by atoms with E-state index in [-0.39, 0.29) is 24.7 Å². The maximum absolute atomic E-state index is 12.0. The Morgan fingerprint density at radius 3 is 2.27 bits per heavy atom. The Balaban J connectivity index is 2.27. The number of nitrogens with two attached hydrogens (primary N) is 1. The topological polar surface area (TPSA) is 106 Å². The first-order valence-electron chi connectivity index (χ1n) is 6.49. The molecule has 2 aromatic rings. The molecule has 0 spiro atoms. The van der Waals surface area contributed by atoms with E-state index in [2.05, 4.69) is 9.97 Å². The molecule has 22 heavy (non-hydrogen) atoms. The molecule has 0 aliphatic rings. The molecule has 8 heteroatoms. The second kappa shape index (κ2) is 6.63. The van der Waals surface area contributed by atoms with Gasteiger partial charge in [0.15, 0.2) is 5.82 Å². The van der Waals surface area contributed by atoms with Gasteiger partial charge in [0.2, 0.25) is 15.8 Å². The predicted octanol–water partition coefficient (Wildman–Crippen LogP) is 0.584. The van der Waals surface area contributed by atoms with Crippen molar-refractivity contribution >= 4 is 21.5 Å². The van der Waals surface area contributed by atoms with E-state index in [4.69, 9.17) is 5.73 Å². The number of nitrogens with zero attached hydrogens (tertiary/aromatic N) is 3. The standard InChI is InChI=1S/C14H16N4O3S/c1-22(20,21)18(12-5-3-2-4-6-12)10-11-8-16-14(17-9-11)13(19)7-15/h2-6,8-9H,7,10,15H2,1H3. The highest BCUT2D eigenvalue weighted by molar-refractivity contribution is 7.92. The molecule has 0 radical (unpaired) electrons. The van der Waals surface area contributed by atoms with Crippen LogP contribution in [-0.2, 0) is 16.6 Å². The second-order valence-electron chi connectivity index (χ2n) is 4.65. The quantitative estimate of drug-likeness (QED) is 0.781. The van der Waals surface area contributed by atoms with Gasteiger partial charge in [-0.05, 0) is 12.1 Å². The number of sulfonamides is 1. The molecule has 0 atom stereocenters. The van der Waals surface area contributed by atoms with Crippen molar-refractivity contribution in [2.24, 2.45) is 5.73 Å². The lowest BCUT2D eigenvalue weighted by atomic mass is 10.3. The third kappa shape index (κ3) is 3.86. The summed E-state index contributed by atoms with van der Waals surface area (Å²) in [6.07, 6.45) is 3.99. The molecule has 0 aliphatic carbocycles. The molecular weight excluding hydrogens is 304 g/mol. The van der Waals surface area contributed by atoms with Crippen molar-refractivity contribution < 1.29 is 13.2 Å². The first-order valence-corrected chi connectivity index (χ1v) is 8.33. The molecule has 0 bridgehead atoms. The minimum absolute atomic E-state index is 0.0249. The Bertz CT molecular complexity index is 745. The van der Waals surface area contributed by atoms with E-state index in [9.17, 15) is 13.2 Å². The zero-order chi connectivity index (χ0) is 16.2. The van der Waals surface area contributed by atoms with Crippen LogP contribution in [0, 0.1) is 0 Å². The van der Waals surface area contributed by atoms with Crippen LogP contribution in [0.5, 0.6) is 0 Å². The Morgan fingerprint density at radius 1 is 1.18 bits per heavy atom. The van der Waals surface area contributed by atoms with Gasteiger partial charge in [0.1, 0.15) is 0 Å². The van der Waals surface area contributed by atoms with Gasteiger partial charge in [0, 0.05) is 18.0 Å². The van der Waals surface area contributed by atoms with Gasteiger partial charge >= 0.3 is 0 Å². The van der Waals surface area contributed by atoms with E-state index in [1.165, 1.54) is 16.7 Å². The minimum Gasteiger partial charge on any atom is -0.324 e. The lowest BCUT2D eigenvalue weighted by Crippen LogP contribution is -2.29. The number of carbonyl (C=O) groups is 1. The highest BCUT2D eigenvalue weighted by Crippen LogP contribution is 2.19. The van der Waals surface area contributed by atoms with Crippen LogP contribution in [0.2, 0.25) is 0 Å². The third-order valence-corrected chi connectivity index (χ3v) is 4.05. The summed E-state index contributed by atoms with van der Waals surface area (Å²) in [7, 11) is -3.46. The van der Waals surface area contributed by atoms with Crippen LogP contribution in [-0.4, -0.2) is 37.0 Å². The number of hydrogen-bond donors (Lipinski definition) is 1. The summed E-state index contributed by atoms with van der Waals surface area (Å²) < 4.78 is 25.2. The number of carbonyl (C=O) groups excluding carboxylic acids is 1. The molecule has 0 aliphatic heterocycles. The molecule has 116 valence electrons. The summed E-state index contributed by atoms with van der Waals surface area (Å²) >= 11 is 0. The zero-order valence-electron chi connectivity index (χ0n) is 12.0. The average molecular weight is 320 g/mol. The smallest absolute Gasteiger partial charge is 0.232 e. The van der Waals surface area contributed by atoms with Gasteiger partial charge in [0.05, 0.1) is 25.0 Å². The molecule has 0 unspecified atom stereocenters. The molecule has 1 aromatic carbocycles. The van der Waals surface area contributed by atoms with E-state index in [1.54, 1.807) is 30.3 Å². The largest absolute Gasteiger partial charge is 0.324 e.